The molecule has 0 spiro atoms. The zero-order valence-electron chi connectivity index (χ0n) is 66.1. The first-order valence-corrected chi connectivity index (χ1v) is 38.5. The number of hydrogen-bond donors (Lipinski definition) is 11. The fourth-order valence-corrected chi connectivity index (χ4v) is 10.4. The lowest BCUT2D eigenvalue weighted by Gasteiger charge is -2.38. The van der Waals surface area contributed by atoms with Gasteiger partial charge in [-0.05, 0) is 67.5 Å². The lowest BCUT2D eigenvalue weighted by atomic mass is 9.99. The zero-order chi connectivity index (χ0) is 84.2. The zero-order valence-corrected chi connectivity index (χ0v) is 66.1. The molecule has 116 heavy (non-hydrogen) atoms. The molecule has 2 saturated heterocycles. The van der Waals surface area contributed by atoms with Crippen LogP contribution in [0, 0.1) is 0 Å². The monoisotopic (exact) mass is 1670 g/mol. The highest BCUT2D eigenvalue weighted by Gasteiger charge is 2.48. The van der Waals surface area contributed by atoms with Gasteiger partial charge in [0.05, 0.1) is 202 Å². The molecule has 0 radical (unpaired) electrons. The van der Waals surface area contributed by atoms with Gasteiger partial charge in [0.15, 0.2) is 17.7 Å². The summed E-state index contributed by atoms with van der Waals surface area (Å²) in [6.45, 7) is 9.77. The molecule has 2 fully saturated rings. The molecule has 41 nitrogen and oxygen atoms in total. The minimum Gasteiger partial charge on any atom is -0.479 e. The number of aliphatic carboxylic acids is 1. The molecular formula is C75H120N4O37. The van der Waals surface area contributed by atoms with Crippen LogP contribution in [0.25, 0.3) is 0 Å². The minimum absolute atomic E-state index is 0.0315. The summed E-state index contributed by atoms with van der Waals surface area (Å²) in [4.78, 5) is 104. The van der Waals surface area contributed by atoms with E-state index in [2.05, 4.69) is 20.8 Å². The number of nitrogens with two attached hydrogens (primary N) is 1. The van der Waals surface area contributed by atoms with Crippen molar-refractivity contribution in [3.63, 3.8) is 0 Å². The number of esters is 2. The van der Waals surface area contributed by atoms with Crippen LogP contribution in [0.5, 0.6) is 11.5 Å². The SMILES string of the molecule is CC(=O)OCc1ccc(O[C@@H]2OC[C@@H](O)[C@H](O)[C@H]2O)c(C(=O)CCCOCCOCCOCCOCCOCC(=O)N[C@@H](CCCCNC(=O)COCCOCCOCCOCCOCCNC(=O)c2cc(COC(C)=O)ccc2O[C@@H]2O[C@H](C(=O)O)[C@@H](O)[C@H](O)[C@H]2O)C(=O)CCCOCCOCCOCCOCCOCCON)c1. The van der Waals surface area contributed by atoms with E-state index in [9.17, 15) is 74.1 Å². The van der Waals surface area contributed by atoms with Gasteiger partial charge in [-0.3, -0.25) is 33.6 Å². The highest BCUT2D eigenvalue weighted by Crippen LogP contribution is 2.30. The first kappa shape index (κ1) is 102. The quantitative estimate of drug-likeness (QED) is 0.0142. The van der Waals surface area contributed by atoms with Crippen molar-refractivity contribution in [2.24, 2.45) is 5.90 Å². The number of carbonyl (C=O) groups is 8. The molecular weight excluding hydrogens is 1550 g/mol. The Labute approximate surface area is 673 Å². The molecule has 0 saturated carbocycles. The average Bonchev–Trinajstić information content (AvgIpc) is 0.784. The summed E-state index contributed by atoms with van der Waals surface area (Å²) in [5.41, 5.74) is 0.957. The molecule has 2 aliphatic heterocycles. The summed E-state index contributed by atoms with van der Waals surface area (Å²) in [6, 6.07) is 7.88. The molecule has 2 aromatic rings. The highest BCUT2D eigenvalue weighted by molar-refractivity contribution is 5.99. The molecule has 0 unspecified atom stereocenters. The first-order valence-electron chi connectivity index (χ1n) is 38.5. The summed E-state index contributed by atoms with van der Waals surface area (Å²) in [5.74, 6) is 0.155. The van der Waals surface area contributed by atoms with Gasteiger partial charge in [-0.1, -0.05) is 12.1 Å². The second kappa shape index (κ2) is 64.2. The van der Waals surface area contributed by atoms with Gasteiger partial charge in [-0.25, -0.2) is 10.7 Å². The van der Waals surface area contributed by atoms with Crippen LogP contribution in [-0.4, -0.2) is 369 Å². The third kappa shape index (κ3) is 46.0. The van der Waals surface area contributed by atoms with E-state index in [0.717, 1.165) is 0 Å². The van der Waals surface area contributed by atoms with Gasteiger partial charge in [0.2, 0.25) is 24.4 Å². The summed E-state index contributed by atoms with van der Waals surface area (Å²) in [6.07, 6.45) is -13.0. The fourth-order valence-electron chi connectivity index (χ4n) is 10.4. The third-order valence-corrected chi connectivity index (χ3v) is 16.4. The smallest absolute Gasteiger partial charge is 0.335 e. The van der Waals surface area contributed by atoms with Gasteiger partial charge in [0, 0.05) is 53.0 Å². The summed E-state index contributed by atoms with van der Waals surface area (Å²) in [5, 5.41) is 78.6. The number of rotatable bonds is 72. The molecule has 12 N–H and O–H groups in total. The van der Waals surface area contributed by atoms with Crippen molar-refractivity contribution < 1.29 is 178 Å². The number of amides is 3. The largest absolute Gasteiger partial charge is 0.479 e. The average molecular weight is 1670 g/mol. The number of carbonyl (C=O) groups excluding carboxylic acids is 7. The number of unbranched alkanes of at least 4 members (excludes halogenated alkanes) is 1. The lowest BCUT2D eigenvalue weighted by Crippen LogP contribution is -2.61. The predicted octanol–water partition coefficient (Wildman–Crippen LogP) is -2.45. The van der Waals surface area contributed by atoms with Crippen molar-refractivity contribution in [1.82, 2.24) is 16.0 Å². The van der Waals surface area contributed by atoms with Crippen LogP contribution in [0.15, 0.2) is 36.4 Å². The molecule has 10 atom stereocenters. The Morgan fingerprint density at radius 1 is 0.440 bits per heavy atom. The maximum atomic E-state index is 13.5. The van der Waals surface area contributed by atoms with Gasteiger partial charge in [0.25, 0.3) is 5.91 Å². The van der Waals surface area contributed by atoms with Crippen molar-refractivity contribution in [3.05, 3.63) is 58.7 Å². The van der Waals surface area contributed by atoms with Crippen molar-refractivity contribution >= 4 is 47.2 Å². The van der Waals surface area contributed by atoms with E-state index in [1.807, 2.05) is 0 Å². The molecule has 0 bridgehead atoms. The number of aliphatic hydroxyl groups is 6. The van der Waals surface area contributed by atoms with Crippen LogP contribution in [-0.2, 0) is 137 Å². The molecule has 0 aromatic heterocycles. The Morgan fingerprint density at radius 2 is 0.853 bits per heavy atom. The topological polar surface area (TPSA) is 543 Å². The van der Waals surface area contributed by atoms with Crippen molar-refractivity contribution in [2.75, 3.05) is 225 Å². The Morgan fingerprint density at radius 3 is 1.33 bits per heavy atom. The Balaban J connectivity index is 1.02. The second-order valence-electron chi connectivity index (χ2n) is 25.7. The molecule has 3 amide bonds. The first-order chi connectivity index (χ1) is 56.2. The summed E-state index contributed by atoms with van der Waals surface area (Å²) in [7, 11) is 0. The Bertz CT molecular complexity index is 3040. The van der Waals surface area contributed by atoms with Crippen LogP contribution >= 0.6 is 0 Å². The second-order valence-corrected chi connectivity index (χ2v) is 25.7. The molecule has 0 aliphatic carbocycles. The number of benzene rings is 2. The van der Waals surface area contributed by atoms with Crippen LogP contribution in [0.4, 0.5) is 0 Å². The van der Waals surface area contributed by atoms with E-state index in [0.29, 0.717) is 122 Å². The minimum atomic E-state index is -1.95. The number of hydrogen-bond acceptors (Lipinski definition) is 37. The molecule has 2 heterocycles. The van der Waals surface area contributed by atoms with Crippen LogP contribution < -0.4 is 31.3 Å². The Hall–Kier alpha value is -6.80. The van der Waals surface area contributed by atoms with E-state index in [1.54, 1.807) is 6.07 Å². The van der Waals surface area contributed by atoms with Gasteiger partial charge in [0.1, 0.15) is 74.6 Å². The number of carboxylic acids is 1. The van der Waals surface area contributed by atoms with E-state index < -0.39 is 91.1 Å². The Kier molecular flexibility index (Phi) is 56.2. The number of ketones is 2. The fraction of sp³-hybridized carbons (Fsp3) is 0.733. The highest BCUT2D eigenvalue weighted by atomic mass is 16.7. The molecule has 2 aliphatic rings. The van der Waals surface area contributed by atoms with E-state index in [4.69, 9.17) is 105 Å². The molecule has 41 heteroatoms. The van der Waals surface area contributed by atoms with Crippen LogP contribution in [0.1, 0.15) is 90.6 Å². The number of aliphatic hydroxyl groups excluding tert-OH is 6. The number of Topliss-reactive ketones (excluding diaryl/α,β-unsaturated/α-hetero) is 2. The van der Waals surface area contributed by atoms with Crippen LogP contribution in [0.3, 0.4) is 0 Å². The summed E-state index contributed by atoms with van der Waals surface area (Å²) >= 11 is 0. The van der Waals surface area contributed by atoms with E-state index >= 15 is 0 Å². The molecule has 662 valence electrons. The van der Waals surface area contributed by atoms with Gasteiger partial charge >= 0.3 is 17.9 Å². The van der Waals surface area contributed by atoms with Crippen molar-refractivity contribution in [3.8, 4) is 11.5 Å². The van der Waals surface area contributed by atoms with Crippen molar-refractivity contribution in [2.45, 2.75) is 133 Å². The van der Waals surface area contributed by atoms with Crippen molar-refractivity contribution in [1.29, 1.82) is 0 Å². The predicted molar refractivity (Wildman–Crippen MR) is 399 cm³/mol. The lowest BCUT2D eigenvalue weighted by molar-refractivity contribution is -0.271. The normalized spacial score (nSPS) is 18.9. The maximum Gasteiger partial charge on any atom is 0.335 e. The number of nitrogens with one attached hydrogen (secondary N) is 3. The van der Waals surface area contributed by atoms with Crippen LogP contribution in [0.2, 0.25) is 0 Å². The number of ether oxygens (including phenoxy) is 21. The van der Waals surface area contributed by atoms with E-state index in [-0.39, 0.29) is 211 Å². The van der Waals surface area contributed by atoms with Gasteiger partial charge in [-0.2, -0.15) is 0 Å². The molecule has 4 rings (SSSR count). The molecule has 2 aromatic carbocycles. The standard InChI is InChI=1S/C75H120N4O37/c1-52(80)110-47-54-10-12-62(114-74-69(90)66(87)61(84)49-112-74)56(45-54)59(82)8-5-16-95-19-22-98-26-29-102-34-36-106-40-42-109-51-65(86)79-58(60(83)9-6-17-96-20-23-99-25-28-101-31-32-104-37-38-107-43-44-113-76)7-3-4-14-77-64(85)50-108-41-39-105-35-33-103-30-27-100-24-21-97-18-15-78-72(92)57-46-55(48-111-53(2)81)11-13-63(57)115-75-70(91)67(88)68(89)71(116-75)73(93)94/h10-13,45-46,58,61,66-71,74-75,84,87-91H,3-9,14-44,47-51,76H2,1-2H3,(H,77,85)(H,78,92)(H,79,86)(H,93,94)/t58-,61+,66-,67-,68-,69+,70+,71-,74-,75+/m0/s1. The maximum absolute atomic E-state index is 13.5. The number of carboxylic acid groups (broad SMARTS) is 1. The van der Waals surface area contributed by atoms with Gasteiger partial charge < -0.3 is 156 Å². The third-order valence-electron chi connectivity index (χ3n) is 16.4. The summed E-state index contributed by atoms with van der Waals surface area (Å²) < 4.78 is 115. The van der Waals surface area contributed by atoms with Gasteiger partial charge in [-0.15, -0.1) is 0 Å². The van der Waals surface area contributed by atoms with E-state index in [1.165, 1.54) is 44.2 Å².